The number of halogens is 2. The normalized spacial score (nSPS) is 11.0. The molecule has 0 saturated carbocycles. The van der Waals surface area contributed by atoms with Gasteiger partial charge in [-0.15, -0.1) is 11.3 Å². The average Bonchev–Trinajstić information content (AvgIpc) is 3.04. The molecule has 5 heteroatoms. The van der Waals surface area contributed by atoms with Crippen molar-refractivity contribution in [3.63, 3.8) is 0 Å². The minimum atomic E-state index is -0.350. The predicted octanol–water partition coefficient (Wildman–Crippen LogP) is 7.17. The molecule has 1 heterocycles. The van der Waals surface area contributed by atoms with Crippen molar-refractivity contribution in [3.8, 4) is 21.6 Å². The molecule has 0 atom stereocenters. The van der Waals surface area contributed by atoms with E-state index in [1.165, 1.54) is 12.1 Å². The van der Waals surface area contributed by atoms with Gasteiger partial charge in [-0.3, -0.25) is 0 Å². The summed E-state index contributed by atoms with van der Waals surface area (Å²) < 4.78 is 18.8. The zero-order valence-corrected chi connectivity index (χ0v) is 17.0. The number of hydrogen-bond acceptors (Lipinski definition) is 3. The van der Waals surface area contributed by atoms with Gasteiger partial charge in [0, 0.05) is 20.3 Å². The summed E-state index contributed by atoms with van der Waals surface area (Å²) in [5.74, 6) is -0.518. The molecule has 0 radical (unpaired) electrons. The number of carbonyl (C=O) groups is 1. The van der Waals surface area contributed by atoms with Gasteiger partial charge in [0.25, 0.3) is 0 Å². The Balaban J connectivity index is 2.31. The maximum Gasteiger partial charge on any atom is 0.339 e. The van der Waals surface area contributed by atoms with E-state index >= 15 is 0 Å². The first kappa shape index (κ1) is 19.6. The number of thiophene rings is 1. The average molecular weight is 403 g/mol. The molecule has 3 rings (SSSR count). The van der Waals surface area contributed by atoms with Crippen molar-refractivity contribution < 1.29 is 13.9 Å². The molecular weight excluding hydrogens is 383 g/mol. The molecule has 0 saturated heterocycles. The van der Waals surface area contributed by atoms with Gasteiger partial charge in [-0.25, -0.2) is 9.18 Å². The summed E-state index contributed by atoms with van der Waals surface area (Å²) in [7, 11) is 0. The Kier molecular flexibility index (Phi) is 5.98. The summed E-state index contributed by atoms with van der Waals surface area (Å²) in [5.41, 5.74) is 3.09. The first-order chi connectivity index (χ1) is 12.9. The second-order valence-electron chi connectivity index (χ2n) is 6.43. The third-order valence-corrected chi connectivity index (χ3v) is 5.97. The lowest BCUT2D eigenvalue weighted by Gasteiger charge is -2.10. The van der Waals surface area contributed by atoms with Crippen molar-refractivity contribution in [1.82, 2.24) is 0 Å². The molecule has 3 aromatic rings. The molecule has 1 aromatic heterocycles. The lowest BCUT2D eigenvalue weighted by molar-refractivity contribution is 0.0526. The molecule has 0 unspecified atom stereocenters. The Hall–Kier alpha value is -2.17. The maximum atomic E-state index is 13.5. The van der Waals surface area contributed by atoms with Crippen molar-refractivity contribution in [3.05, 3.63) is 69.8 Å². The highest BCUT2D eigenvalue weighted by molar-refractivity contribution is 7.16. The fourth-order valence-corrected chi connectivity index (χ4v) is 4.40. The van der Waals surface area contributed by atoms with Gasteiger partial charge in [-0.1, -0.05) is 49.7 Å². The summed E-state index contributed by atoms with van der Waals surface area (Å²) in [4.78, 5) is 14.7. The molecule has 0 N–H and O–H groups in total. The molecule has 0 aliphatic rings. The van der Waals surface area contributed by atoms with E-state index in [1.54, 1.807) is 30.4 Å². The summed E-state index contributed by atoms with van der Waals surface area (Å²) in [6.45, 7) is 6.19. The molecule has 0 spiro atoms. The van der Waals surface area contributed by atoms with Crippen LogP contribution in [0.3, 0.4) is 0 Å². The molecular formula is C22H20ClFO2S. The fourth-order valence-electron chi connectivity index (χ4n) is 2.96. The van der Waals surface area contributed by atoms with E-state index in [0.29, 0.717) is 17.2 Å². The zero-order valence-electron chi connectivity index (χ0n) is 15.4. The van der Waals surface area contributed by atoms with E-state index in [4.69, 9.17) is 16.3 Å². The van der Waals surface area contributed by atoms with Crippen LogP contribution in [0.5, 0.6) is 0 Å². The van der Waals surface area contributed by atoms with Gasteiger partial charge in [0.1, 0.15) is 5.82 Å². The first-order valence-electron chi connectivity index (χ1n) is 8.78. The summed E-state index contributed by atoms with van der Waals surface area (Å²) in [6, 6.07) is 13.7. The molecule has 0 aliphatic carbocycles. The molecule has 2 nitrogen and oxygen atoms in total. The van der Waals surface area contributed by atoms with Crippen molar-refractivity contribution in [2.45, 2.75) is 26.7 Å². The number of carbonyl (C=O) groups excluding carboxylic acids is 1. The van der Waals surface area contributed by atoms with Crippen LogP contribution in [0.1, 0.15) is 41.9 Å². The smallest absolute Gasteiger partial charge is 0.339 e. The van der Waals surface area contributed by atoms with E-state index in [2.05, 4.69) is 13.8 Å². The zero-order chi connectivity index (χ0) is 19.6. The number of hydrogen-bond donors (Lipinski definition) is 0. The van der Waals surface area contributed by atoms with Gasteiger partial charge >= 0.3 is 5.97 Å². The highest BCUT2D eigenvalue weighted by atomic mass is 35.5. The number of rotatable bonds is 5. The first-order valence-corrected chi connectivity index (χ1v) is 9.97. The second-order valence-corrected chi connectivity index (χ2v) is 7.92. The van der Waals surface area contributed by atoms with Crippen molar-refractivity contribution in [2.75, 3.05) is 6.61 Å². The highest BCUT2D eigenvalue weighted by Crippen LogP contribution is 2.46. The van der Waals surface area contributed by atoms with E-state index < -0.39 is 0 Å². The standard InChI is InChI=1S/C22H20ClFO2S/c1-4-26-22(25)19-18(14-7-11-17(24)12-8-14)21(27-20(19)13(2)3)15-5-9-16(23)10-6-15/h5-13H,4H2,1-3H3. The van der Waals surface area contributed by atoms with E-state index in [1.807, 2.05) is 24.3 Å². The van der Waals surface area contributed by atoms with Crippen LogP contribution in [0, 0.1) is 5.82 Å². The van der Waals surface area contributed by atoms with Gasteiger partial charge in [0.2, 0.25) is 0 Å². The lowest BCUT2D eigenvalue weighted by atomic mass is 9.95. The third kappa shape index (κ3) is 4.07. The number of ether oxygens (including phenoxy) is 1. The van der Waals surface area contributed by atoms with Crippen LogP contribution >= 0.6 is 22.9 Å². The minimum Gasteiger partial charge on any atom is -0.462 e. The van der Waals surface area contributed by atoms with Crippen molar-refractivity contribution >= 4 is 28.9 Å². The Bertz CT molecular complexity index is 944. The van der Waals surface area contributed by atoms with E-state index in [0.717, 1.165) is 26.4 Å². The van der Waals surface area contributed by atoms with Crippen LogP contribution in [0.15, 0.2) is 48.5 Å². The van der Waals surface area contributed by atoms with Gasteiger partial charge in [-0.2, -0.15) is 0 Å². The SMILES string of the molecule is CCOC(=O)c1c(C(C)C)sc(-c2ccc(Cl)cc2)c1-c1ccc(F)cc1. The minimum absolute atomic E-state index is 0.148. The summed E-state index contributed by atoms with van der Waals surface area (Å²) in [5, 5.41) is 0.647. The monoisotopic (exact) mass is 402 g/mol. The molecule has 140 valence electrons. The second kappa shape index (κ2) is 8.24. The van der Waals surface area contributed by atoms with Crippen LogP contribution in [-0.2, 0) is 4.74 Å². The van der Waals surface area contributed by atoms with Gasteiger partial charge in [0.05, 0.1) is 12.2 Å². The van der Waals surface area contributed by atoms with Crippen LogP contribution in [0.25, 0.3) is 21.6 Å². The van der Waals surface area contributed by atoms with Crippen molar-refractivity contribution in [1.29, 1.82) is 0 Å². The van der Waals surface area contributed by atoms with E-state index in [9.17, 15) is 9.18 Å². The topological polar surface area (TPSA) is 26.3 Å². The largest absolute Gasteiger partial charge is 0.462 e. The molecule has 0 bridgehead atoms. The third-order valence-electron chi connectivity index (χ3n) is 4.18. The van der Waals surface area contributed by atoms with Crippen LogP contribution < -0.4 is 0 Å². The van der Waals surface area contributed by atoms with Crippen LogP contribution in [-0.4, -0.2) is 12.6 Å². The van der Waals surface area contributed by atoms with Crippen LogP contribution in [0.4, 0.5) is 4.39 Å². The summed E-state index contributed by atoms with van der Waals surface area (Å²) in [6.07, 6.45) is 0. The van der Waals surface area contributed by atoms with Gasteiger partial charge in [-0.05, 0) is 48.2 Å². The molecule has 0 fully saturated rings. The molecule has 2 aromatic carbocycles. The molecule has 27 heavy (non-hydrogen) atoms. The van der Waals surface area contributed by atoms with E-state index in [-0.39, 0.29) is 17.7 Å². The summed E-state index contributed by atoms with van der Waals surface area (Å²) >= 11 is 7.61. The highest BCUT2D eigenvalue weighted by Gasteiger charge is 2.27. The Morgan fingerprint density at radius 2 is 1.67 bits per heavy atom. The quantitative estimate of drug-likeness (QED) is 0.422. The van der Waals surface area contributed by atoms with Crippen molar-refractivity contribution in [2.24, 2.45) is 0 Å². The molecule has 0 aliphatic heterocycles. The Morgan fingerprint density at radius 3 is 2.22 bits per heavy atom. The number of esters is 1. The lowest BCUT2D eigenvalue weighted by Crippen LogP contribution is -2.08. The van der Waals surface area contributed by atoms with Gasteiger partial charge in [0.15, 0.2) is 0 Å². The Labute approximate surface area is 167 Å². The number of benzene rings is 2. The predicted molar refractivity (Wildman–Crippen MR) is 110 cm³/mol. The van der Waals surface area contributed by atoms with Crippen LogP contribution in [0.2, 0.25) is 5.02 Å². The Morgan fingerprint density at radius 1 is 1.07 bits per heavy atom. The molecule has 0 amide bonds. The maximum absolute atomic E-state index is 13.5. The fraction of sp³-hybridized carbons (Fsp3) is 0.227. The van der Waals surface area contributed by atoms with Gasteiger partial charge < -0.3 is 4.74 Å².